The van der Waals surface area contributed by atoms with Gasteiger partial charge < -0.3 is 5.11 Å². The Bertz CT molecular complexity index is 449. The zero-order valence-corrected chi connectivity index (χ0v) is 9.75. The molecule has 0 aromatic heterocycles. The molecular formula is C12H11BrO2. The van der Waals surface area contributed by atoms with Crippen molar-refractivity contribution in [1.82, 2.24) is 0 Å². The average Bonchev–Trinajstić information content (AvgIpc) is 2.88. The van der Waals surface area contributed by atoms with Gasteiger partial charge in [0.2, 0.25) is 0 Å². The summed E-state index contributed by atoms with van der Waals surface area (Å²) in [7, 11) is 0. The molecule has 1 fully saturated rings. The summed E-state index contributed by atoms with van der Waals surface area (Å²) in [5.74, 6) is -0.832. The fourth-order valence-corrected chi connectivity index (χ4v) is 3.23. The summed E-state index contributed by atoms with van der Waals surface area (Å²) in [6.07, 6.45) is 2.78. The van der Waals surface area contributed by atoms with Gasteiger partial charge in [0.25, 0.3) is 0 Å². The fraction of sp³-hybridized carbons (Fsp3) is 0.417. The lowest BCUT2D eigenvalue weighted by Gasteiger charge is -2.14. The van der Waals surface area contributed by atoms with E-state index in [1.54, 1.807) is 0 Å². The van der Waals surface area contributed by atoms with Gasteiger partial charge in [0, 0.05) is 9.89 Å². The highest BCUT2D eigenvalue weighted by molar-refractivity contribution is 9.10. The van der Waals surface area contributed by atoms with Crippen molar-refractivity contribution in [2.45, 2.75) is 24.7 Å². The van der Waals surface area contributed by atoms with Crippen LogP contribution >= 0.6 is 15.9 Å². The van der Waals surface area contributed by atoms with Gasteiger partial charge in [-0.05, 0) is 42.5 Å². The Balaban J connectivity index is 2.12. The highest BCUT2D eigenvalue weighted by atomic mass is 79.9. The number of hydrogen-bond acceptors (Lipinski definition) is 1. The largest absolute Gasteiger partial charge is 0.481 e. The van der Waals surface area contributed by atoms with Crippen molar-refractivity contribution in [2.75, 3.05) is 0 Å². The van der Waals surface area contributed by atoms with Gasteiger partial charge in [0.1, 0.15) is 0 Å². The fourth-order valence-electron chi connectivity index (χ4n) is 2.87. The van der Waals surface area contributed by atoms with Gasteiger partial charge in [-0.25, -0.2) is 0 Å². The molecule has 2 aliphatic carbocycles. The number of carbonyl (C=O) groups is 1. The molecule has 1 aromatic rings. The maximum absolute atomic E-state index is 11.2. The van der Waals surface area contributed by atoms with Crippen LogP contribution in [-0.2, 0) is 16.6 Å². The molecule has 15 heavy (non-hydrogen) atoms. The number of rotatable bonds is 1. The minimum absolute atomic E-state index is 0.0229. The van der Waals surface area contributed by atoms with E-state index >= 15 is 0 Å². The normalized spacial score (nSPS) is 25.3. The van der Waals surface area contributed by atoms with E-state index in [1.165, 1.54) is 11.1 Å². The van der Waals surface area contributed by atoms with E-state index in [2.05, 4.69) is 28.1 Å². The van der Waals surface area contributed by atoms with E-state index in [0.29, 0.717) is 6.42 Å². The summed E-state index contributed by atoms with van der Waals surface area (Å²) >= 11 is 3.45. The SMILES string of the molecule is O=C(O)C1Cc2ccc(Br)cc2C12CC2. The second-order valence-corrected chi connectivity index (χ2v) is 5.47. The van der Waals surface area contributed by atoms with Gasteiger partial charge in [-0.2, -0.15) is 0 Å². The minimum Gasteiger partial charge on any atom is -0.481 e. The third-order valence-electron chi connectivity index (χ3n) is 3.79. The van der Waals surface area contributed by atoms with Crippen LogP contribution in [0.3, 0.4) is 0 Å². The smallest absolute Gasteiger partial charge is 0.307 e. The van der Waals surface area contributed by atoms with Crippen molar-refractivity contribution in [2.24, 2.45) is 5.92 Å². The van der Waals surface area contributed by atoms with Crippen LogP contribution in [0.15, 0.2) is 22.7 Å². The van der Waals surface area contributed by atoms with E-state index in [1.807, 2.05) is 6.07 Å². The van der Waals surface area contributed by atoms with Crippen molar-refractivity contribution in [3.63, 3.8) is 0 Å². The molecule has 3 rings (SSSR count). The number of carboxylic acid groups (broad SMARTS) is 1. The Hall–Kier alpha value is -0.830. The molecule has 78 valence electrons. The first kappa shape index (κ1) is 9.40. The number of aliphatic carboxylic acids is 1. The predicted octanol–water partition coefficient (Wildman–Crippen LogP) is 2.74. The quantitative estimate of drug-likeness (QED) is 0.849. The Morgan fingerprint density at radius 2 is 2.20 bits per heavy atom. The number of fused-ring (bicyclic) bond motifs is 2. The Morgan fingerprint density at radius 1 is 1.47 bits per heavy atom. The number of carboxylic acids is 1. The zero-order chi connectivity index (χ0) is 10.6. The van der Waals surface area contributed by atoms with Crippen molar-refractivity contribution < 1.29 is 9.90 Å². The second kappa shape index (κ2) is 2.85. The molecule has 2 nitrogen and oxygen atoms in total. The number of halogens is 1. The number of benzene rings is 1. The Morgan fingerprint density at radius 3 is 2.80 bits per heavy atom. The maximum Gasteiger partial charge on any atom is 0.307 e. The minimum atomic E-state index is -0.639. The van der Waals surface area contributed by atoms with Crippen LogP contribution in [0.1, 0.15) is 24.0 Å². The van der Waals surface area contributed by atoms with Crippen LogP contribution in [0.4, 0.5) is 0 Å². The summed E-state index contributed by atoms with van der Waals surface area (Å²) in [5.41, 5.74) is 2.47. The molecule has 1 atom stereocenters. The van der Waals surface area contributed by atoms with Gasteiger partial charge in [-0.1, -0.05) is 22.0 Å². The van der Waals surface area contributed by atoms with Crippen LogP contribution in [-0.4, -0.2) is 11.1 Å². The molecule has 0 saturated heterocycles. The van der Waals surface area contributed by atoms with Crippen LogP contribution in [0, 0.1) is 5.92 Å². The lowest BCUT2D eigenvalue weighted by molar-refractivity contribution is -0.142. The highest BCUT2D eigenvalue weighted by Gasteiger charge is 2.58. The molecule has 0 amide bonds. The van der Waals surface area contributed by atoms with Gasteiger partial charge >= 0.3 is 5.97 Å². The summed E-state index contributed by atoms with van der Waals surface area (Å²) in [4.78, 5) is 11.2. The molecular weight excluding hydrogens is 256 g/mol. The molecule has 1 aromatic carbocycles. The summed E-state index contributed by atoms with van der Waals surface area (Å²) in [5, 5.41) is 9.22. The molecule has 1 unspecified atom stereocenters. The van der Waals surface area contributed by atoms with Crippen LogP contribution in [0.5, 0.6) is 0 Å². The van der Waals surface area contributed by atoms with Crippen molar-refractivity contribution >= 4 is 21.9 Å². The molecule has 1 saturated carbocycles. The Labute approximate surface area is 96.4 Å². The lowest BCUT2D eigenvalue weighted by atomic mass is 9.89. The van der Waals surface area contributed by atoms with Crippen molar-refractivity contribution in [3.05, 3.63) is 33.8 Å². The Kier molecular flexibility index (Phi) is 1.78. The topological polar surface area (TPSA) is 37.3 Å². The van der Waals surface area contributed by atoms with Crippen LogP contribution in [0.25, 0.3) is 0 Å². The zero-order valence-electron chi connectivity index (χ0n) is 8.16. The van der Waals surface area contributed by atoms with Gasteiger partial charge in [0.15, 0.2) is 0 Å². The average molecular weight is 267 g/mol. The van der Waals surface area contributed by atoms with Crippen molar-refractivity contribution in [1.29, 1.82) is 0 Å². The number of hydrogen-bond donors (Lipinski definition) is 1. The molecule has 0 radical (unpaired) electrons. The molecule has 1 spiro atoms. The molecule has 0 heterocycles. The van der Waals surface area contributed by atoms with E-state index in [0.717, 1.165) is 17.3 Å². The summed E-state index contributed by atoms with van der Waals surface area (Å²) in [6.45, 7) is 0. The van der Waals surface area contributed by atoms with E-state index in [4.69, 9.17) is 0 Å². The molecule has 0 bridgehead atoms. The van der Waals surface area contributed by atoms with Crippen molar-refractivity contribution in [3.8, 4) is 0 Å². The summed E-state index contributed by atoms with van der Waals surface area (Å²) < 4.78 is 1.05. The standard InChI is InChI=1S/C12H11BrO2/c13-8-2-1-7-5-10(11(14)15)12(3-4-12)9(7)6-8/h1-2,6,10H,3-5H2,(H,14,15). The third kappa shape index (κ3) is 1.19. The molecule has 2 aliphatic rings. The first-order valence-electron chi connectivity index (χ1n) is 5.15. The van der Waals surface area contributed by atoms with Crippen LogP contribution in [0.2, 0.25) is 0 Å². The first-order valence-corrected chi connectivity index (χ1v) is 5.94. The molecule has 3 heteroatoms. The van der Waals surface area contributed by atoms with E-state index in [9.17, 15) is 9.90 Å². The summed E-state index contributed by atoms with van der Waals surface area (Å²) in [6, 6.07) is 6.16. The second-order valence-electron chi connectivity index (χ2n) is 4.55. The van der Waals surface area contributed by atoms with Gasteiger partial charge in [-0.3, -0.25) is 4.79 Å². The van der Waals surface area contributed by atoms with Gasteiger partial charge in [-0.15, -0.1) is 0 Å². The first-order chi connectivity index (χ1) is 7.13. The maximum atomic E-state index is 11.2. The molecule has 0 aliphatic heterocycles. The van der Waals surface area contributed by atoms with E-state index < -0.39 is 5.97 Å². The van der Waals surface area contributed by atoms with Gasteiger partial charge in [0.05, 0.1) is 5.92 Å². The van der Waals surface area contributed by atoms with Crippen LogP contribution < -0.4 is 0 Å². The highest BCUT2D eigenvalue weighted by Crippen LogP contribution is 2.60. The predicted molar refractivity (Wildman–Crippen MR) is 59.9 cm³/mol. The molecule has 1 N–H and O–H groups in total. The van der Waals surface area contributed by atoms with E-state index in [-0.39, 0.29) is 11.3 Å². The lowest BCUT2D eigenvalue weighted by Crippen LogP contribution is -2.24. The monoisotopic (exact) mass is 266 g/mol. The third-order valence-corrected chi connectivity index (χ3v) is 4.28.